The standard InChI is InChI=1S/C22H27FN2O4S/c23-18-8-10-20(11-9-18)29-16-22(26)24-15-14-17-6-12-21(13-7-17)30(27,28)25-19-4-2-1-3-5-19/h6-13,19,25H,1-5,14-16H2,(H,24,26). The maximum Gasteiger partial charge on any atom is 0.257 e. The molecule has 8 heteroatoms. The molecular formula is C22H27FN2O4S. The van der Waals surface area contributed by atoms with Crippen LogP contribution < -0.4 is 14.8 Å². The van der Waals surface area contributed by atoms with E-state index in [9.17, 15) is 17.6 Å². The van der Waals surface area contributed by atoms with Gasteiger partial charge in [-0.15, -0.1) is 0 Å². The summed E-state index contributed by atoms with van der Waals surface area (Å²) in [6, 6.07) is 12.2. The Kier molecular flexibility index (Phi) is 7.81. The van der Waals surface area contributed by atoms with Gasteiger partial charge < -0.3 is 10.1 Å². The monoisotopic (exact) mass is 434 g/mol. The Balaban J connectivity index is 1.41. The Hall–Kier alpha value is -2.45. The van der Waals surface area contributed by atoms with Crippen molar-refractivity contribution in [1.29, 1.82) is 0 Å². The van der Waals surface area contributed by atoms with Crippen LogP contribution in [0.25, 0.3) is 0 Å². The Bertz CT molecular complexity index is 925. The molecule has 1 aliphatic rings. The number of hydrogen-bond donors (Lipinski definition) is 2. The van der Waals surface area contributed by atoms with Crippen LogP contribution in [-0.2, 0) is 21.2 Å². The number of hydrogen-bond acceptors (Lipinski definition) is 4. The number of nitrogens with one attached hydrogen (secondary N) is 2. The van der Waals surface area contributed by atoms with Crippen molar-refractivity contribution in [2.45, 2.75) is 49.5 Å². The van der Waals surface area contributed by atoms with Crippen molar-refractivity contribution < 1.29 is 22.3 Å². The minimum Gasteiger partial charge on any atom is -0.484 e. The topological polar surface area (TPSA) is 84.5 Å². The predicted molar refractivity (Wildman–Crippen MR) is 112 cm³/mol. The predicted octanol–water partition coefficient (Wildman–Crippen LogP) is 3.17. The highest BCUT2D eigenvalue weighted by atomic mass is 32.2. The molecule has 1 amide bonds. The lowest BCUT2D eigenvalue weighted by molar-refractivity contribution is -0.123. The average molecular weight is 435 g/mol. The van der Waals surface area contributed by atoms with Crippen molar-refractivity contribution in [3.63, 3.8) is 0 Å². The summed E-state index contributed by atoms with van der Waals surface area (Å²) in [6.45, 7) is 0.244. The summed E-state index contributed by atoms with van der Waals surface area (Å²) in [6.07, 6.45) is 5.64. The normalized spacial score (nSPS) is 15.0. The third-order valence-electron chi connectivity index (χ3n) is 5.08. The molecular weight excluding hydrogens is 407 g/mol. The number of carbonyl (C=O) groups is 1. The third-order valence-corrected chi connectivity index (χ3v) is 6.62. The fourth-order valence-corrected chi connectivity index (χ4v) is 4.73. The van der Waals surface area contributed by atoms with Crippen LogP contribution >= 0.6 is 0 Å². The zero-order valence-corrected chi connectivity index (χ0v) is 17.6. The zero-order valence-electron chi connectivity index (χ0n) is 16.8. The second kappa shape index (κ2) is 10.5. The highest BCUT2D eigenvalue weighted by Crippen LogP contribution is 2.20. The van der Waals surface area contributed by atoms with Crippen LogP contribution in [0.2, 0.25) is 0 Å². The van der Waals surface area contributed by atoms with Gasteiger partial charge in [0.2, 0.25) is 10.0 Å². The first-order chi connectivity index (χ1) is 14.4. The van der Waals surface area contributed by atoms with E-state index >= 15 is 0 Å². The molecule has 162 valence electrons. The molecule has 2 aromatic rings. The number of halogens is 1. The van der Waals surface area contributed by atoms with E-state index in [0.717, 1.165) is 31.2 Å². The summed E-state index contributed by atoms with van der Waals surface area (Å²) in [5.41, 5.74) is 0.923. The largest absolute Gasteiger partial charge is 0.484 e. The van der Waals surface area contributed by atoms with Gasteiger partial charge in [0.1, 0.15) is 11.6 Å². The number of rotatable bonds is 9. The average Bonchev–Trinajstić information content (AvgIpc) is 2.74. The highest BCUT2D eigenvalue weighted by molar-refractivity contribution is 7.89. The van der Waals surface area contributed by atoms with Crippen molar-refractivity contribution in [3.05, 3.63) is 59.9 Å². The number of benzene rings is 2. The lowest BCUT2D eigenvalue weighted by Gasteiger charge is -2.22. The van der Waals surface area contributed by atoms with Crippen LogP contribution in [0.5, 0.6) is 5.75 Å². The summed E-state index contributed by atoms with van der Waals surface area (Å²) in [4.78, 5) is 12.1. The Morgan fingerprint density at radius 2 is 1.67 bits per heavy atom. The maximum atomic E-state index is 12.8. The molecule has 1 aliphatic carbocycles. The van der Waals surface area contributed by atoms with Gasteiger partial charge >= 0.3 is 0 Å². The molecule has 30 heavy (non-hydrogen) atoms. The number of carbonyl (C=O) groups excluding carboxylic acids is 1. The van der Waals surface area contributed by atoms with Gasteiger partial charge in [-0.3, -0.25) is 4.79 Å². The molecule has 0 bridgehead atoms. The zero-order chi connectivity index (χ0) is 21.4. The summed E-state index contributed by atoms with van der Waals surface area (Å²) >= 11 is 0. The van der Waals surface area contributed by atoms with Gasteiger partial charge in [0.05, 0.1) is 4.90 Å². The van der Waals surface area contributed by atoms with E-state index < -0.39 is 10.0 Å². The van der Waals surface area contributed by atoms with Crippen LogP contribution in [0, 0.1) is 5.82 Å². The molecule has 0 aromatic heterocycles. The van der Waals surface area contributed by atoms with Crippen LogP contribution in [0.1, 0.15) is 37.7 Å². The SMILES string of the molecule is O=C(COc1ccc(F)cc1)NCCc1ccc(S(=O)(=O)NC2CCCCC2)cc1. The maximum absolute atomic E-state index is 12.8. The van der Waals surface area contributed by atoms with E-state index in [1.807, 2.05) is 0 Å². The number of amides is 1. The molecule has 1 saturated carbocycles. The molecule has 6 nitrogen and oxygen atoms in total. The van der Waals surface area contributed by atoms with E-state index in [0.29, 0.717) is 18.7 Å². The van der Waals surface area contributed by atoms with Crippen LogP contribution in [0.3, 0.4) is 0 Å². The van der Waals surface area contributed by atoms with Crippen LogP contribution in [-0.4, -0.2) is 33.5 Å². The minimum atomic E-state index is -3.51. The first-order valence-corrected chi connectivity index (χ1v) is 11.7. The number of sulfonamides is 1. The lowest BCUT2D eigenvalue weighted by atomic mass is 9.96. The molecule has 0 atom stereocenters. The third kappa shape index (κ3) is 6.81. The van der Waals surface area contributed by atoms with Crippen molar-refractivity contribution in [2.75, 3.05) is 13.2 Å². The summed E-state index contributed by atoms with van der Waals surface area (Å²) in [5.74, 6) is -0.226. The Morgan fingerprint density at radius 1 is 1.00 bits per heavy atom. The minimum absolute atomic E-state index is 0.0239. The van der Waals surface area contributed by atoms with Gasteiger partial charge in [0, 0.05) is 12.6 Å². The number of ether oxygens (including phenoxy) is 1. The molecule has 3 rings (SSSR count). The summed E-state index contributed by atoms with van der Waals surface area (Å²) in [5, 5.41) is 2.74. The lowest BCUT2D eigenvalue weighted by Crippen LogP contribution is -2.36. The van der Waals surface area contributed by atoms with Crippen LogP contribution in [0.15, 0.2) is 53.4 Å². The molecule has 1 fully saturated rings. The first-order valence-electron chi connectivity index (χ1n) is 10.2. The van der Waals surface area contributed by atoms with Crippen molar-refractivity contribution in [1.82, 2.24) is 10.0 Å². The second-order valence-electron chi connectivity index (χ2n) is 7.44. The Morgan fingerprint density at radius 3 is 2.33 bits per heavy atom. The van der Waals surface area contributed by atoms with Crippen molar-refractivity contribution in [3.8, 4) is 5.75 Å². The molecule has 2 N–H and O–H groups in total. The smallest absolute Gasteiger partial charge is 0.257 e. The molecule has 0 saturated heterocycles. The van der Waals surface area contributed by atoms with Crippen molar-refractivity contribution >= 4 is 15.9 Å². The molecule has 0 aliphatic heterocycles. The van der Waals surface area contributed by atoms with Crippen LogP contribution in [0.4, 0.5) is 4.39 Å². The van der Waals surface area contributed by atoms with Gasteiger partial charge in [0.25, 0.3) is 5.91 Å². The molecule has 0 heterocycles. The van der Waals surface area contributed by atoms with Gasteiger partial charge in [0.15, 0.2) is 6.61 Å². The summed E-state index contributed by atoms with van der Waals surface area (Å²) < 4.78 is 46.0. The van der Waals surface area contributed by atoms with E-state index in [1.54, 1.807) is 24.3 Å². The van der Waals surface area contributed by atoms with E-state index in [1.165, 1.54) is 30.7 Å². The molecule has 0 radical (unpaired) electrons. The highest BCUT2D eigenvalue weighted by Gasteiger charge is 2.21. The first kappa shape index (κ1) is 22.2. The molecule has 0 unspecified atom stereocenters. The van der Waals surface area contributed by atoms with E-state index in [2.05, 4.69) is 10.0 Å². The van der Waals surface area contributed by atoms with Gasteiger partial charge in [-0.05, 0) is 61.2 Å². The molecule has 0 spiro atoms. The van der Waals surface area contributed by atoms with E-state index in [-0.39, 0.29) is 29.3 Å². The van der Waals surface area contributed by atoms with Gasteiger partial charge in [-0.25, -0.2) is 17.5 Å². The Labute approximate surface area is 176 Å². The van der Waals surface area contributed by atoms with E-state index in [4.69, 9.17) is 4.74 Å². The van der Waals surface area contributed by atoms with Gasteiger partial charge in [-0.1, -0.05) is 31.4 Å². The summed E-state index contributed by atoms with van der Waals surface area (Å²) in [7, 11) is -3.51. The quantitative estimate of drug-likeness (QED) is 0.635. The second-order valence-corrected chi connectivity index (χ2v) is 9.16. The fraction of sp³-hybridized carbons (Fsp3) is 0.409. The molecule has 2 aromatic carbocycles. The van der Waals surface area contributed by atoms with Crippen molar-refractivity contribution in [2.24, 2.45) is 0 Å². The fourth-order valence-electron chi connectivity index (χ4n) is 3.42. The van der Waals surface area contributed by atoms with Gasteiger partial charge in [-0.2, -0.15) is 0 Å².